The number of nitrogens with one attached hydrogen (secondary N) is 1. The molecule has 5 heteroatoms. The molecule has 1 N–H and O–H groups in total. The Morgan fingerprint density at radius 3 is 2.79 bits per heavy atom. The minimum absolute atomic E-state index is 0.0418. The van der Waals surface area contributed by atoms with Crippen molar-refractivity contribution in [2.24, 2.45) is 5.92 Å². The summed E-state index contributed by atoms with van der Waals surface area (Å²) in [5.74, 6) is 0.592. The van der Waals surface area contributed by atoms with Crippen LogP contribution in [0.4, 0.5) is 0 Å². The summed E-state index contributed by atoms with van der Waals surface area (Å²) in [6.07, 6.45) is 1.84. The summed E-state index contributed by atoms with van der Waals surface area (Å²) in [6.45, 7) is 2.82. The second-order valence-electron chi connectivity index (χ2n) is 3.49. The van der Waals surface area contributed by atoms with Crippen LogP contribution < -0.4 is 10.9 Å². The van der Waals surface area contributed by atoms with Crippen molar-refractivity contribution in [2.75, 3.05) is 13.1 Å². The molecule has 3 nitrogen and oxygen atoms in total. The Morgan fingerprint density at radius 1 is 1.50 bits per heavy atom. The van der Waals surface area contributed by atoms with Gasteiger partial charge >= 0.3 is 0 Å². The maximum Gasteiger partial charge on any atom is 0.264 e. The van der Waals surface area contributed by atoms with Crippen LogP contribution in [0.1, 0.15) is 0 Å². The Kier molecular flexibility index (Phi) is 3.09. The highest BCUT2D eigenvalue weighted by molar-refractivity contribution is 9.11. The highest BCUT2D eigenvalue weighted by Gasteiger charge is 2.18. The number of hydrogen-bond acceptors (Lipinski definition) is 2. The number of nitrogens with zero attached hydrogens (tertiary/aromatic N) is 1. The Morgan fingerprint density at radius 2 is 2.21 bits per heavy atom. The van der Waals surface area contributed by atoms with Crippen LogP contribution in [0.15, 0.2) is 26.0 Å². The van der Waals surface area contributed by atoms with Crippen molar-refractivity contribution in [1.29, 1.82) is 0 Å². The number of hydrogen-bond donors (Lipinski definition) is 1. The van der Waals surface area contributed by atoms with Crippen LogP contribution >= 0.6 is 31.9 Å². The van der Waals surface area contributed by atoms with E-state index in [1.165, 1.54) is 0 Å². The molecule has 0 amide bonds. The Balaban J connectivity index is 2.27. The van der Waals surface area contributed by atoms with Gasteiger partial charge in [-0.15, -0.1) is 0 Å². The van der Waals surface area contributed by atoms with E-state index in [1.54, 1.807) is 10.6 Å². The third-order valence-corrected chi connectivity index (χ3v) is 3.33. The zero-order valence-electron chi connectivity index (χ0n) is 7.46. The maximum absolute atomic E-state index is 11.7. The summed E-state index contributed by atoms with van der Waals surface area (Å²) in [5, 5.41) is 3.19. The molecular weight excluding hydrogens is 312 g/mol. The van der Waals surface area contributed by atoms with Crippen LogP contribution in [-0.2, 0) is 6.54 Å². The molecule has 0 aromatic carbocycles. The van der Waals surface area contributed by atoms with Gasteiger partial charge in [0.05, 0.1) is 4.47 Å². The predicted octanol–water partition coefficient (Wildman–Crippen LogP) is 1.59. The first-order chi connectivity index (χ1) is 6.66. The Hall–Kier alpha value is -0.130. The summed E-state index contributed by atoms with van der Waals surface area (Å²) in [4.78, 5) is 11.7. The van der Waals surface area contributed by atoms with Crippen LogP contribution in [-0.4, -0.2) is 17.7 Å². The average Bonchev–Trinajstić information content (AvgIpc) is 2.05. The number of aromatic nitrogens is 1. The van der Waals surface area contributed by atoms with Crippen LogP contribution in [0.25, 0.3) is 0 Å². The molecular formula is C9H10Br2N2O. The Bertz CT molecular complexity index is 398. The fraction of sp³-hybridized carbons (Fsp3) is 0.444. The summed E-state index contributed by atoms with van der Waals surface area (Å²) < 4.78 is 3.29. The first-order valence-electron chi connectivity index (χ1n) is 4.43. The maximum atomic E-state index is 11.7. The van der Waals surface area contributed by atoms with Gasteiger partial charge in [-0.1, -0.05) is 0 Å². The molecule has 1 aromatic heterocycles. The van der Waals surface area contributed by atoms with E-state index in [-0.39, 0.29) is 5.56 Å². The van der Waals surface area contributed by atoms with Crippen molar-refractivity contribution in [1.82, 2.24) is 9.88 Å². The van der Waals surface area contributed by atoms with Gasteiger partial charge in [0, 0.05) is 36.2 Å². The molecule has 0 atom stereocenters. The molecule has 1 aliphatic heterocycles. The molecule has 1 aromatic rings. The van der Waals surface area contributed by atoms with Crippen molar-refractivity contribution < 1.29 is 0 Å². The highest BCUT2D eigenvalue weighted by atomic mass is 79.9. The number of rotatable bonds is 2. The number of pyridine rings is 1. The van der Waals surface area contributed by atoms with E-state index in [4.69, 9.17) is 0 Å². The molecule has 76 valence electrons. The summed E-state index contributed by atoms with van der Waals surface area (Å²) in [6, 6.07) is 1.78. The lowest BCUT2D eigenvalue weighted by molar-refractivity contribution is 0.303. The molecule has 14 heavy (non-hydrogen) atoms. The SMILES string of the molecule is O=c1c(Br)cc(Br)cn1CC1CNC1. The minimum Gasteiger partial charge on any atom is -0.316 e. The molecule has 0 bridgehead atoms. The van der Waals surface area contributed by atoms with Crippen molar-refractivity contribution in [3.63, 3.8) is 0 Å². The van der Waals surface area contributed by atoms with Crippen molar-refractivity contribution in [2.45, 2.75) is 6.54 Å². The lowest BCUT2D eigenvalue weighted by Crippen LogP contribution is -2.45. The molecule has 2 heterocycles. The normalized spacial score (nSPS) is 16.7. The molecule has 0 aliphatic carbocycles. The fourth-order valence-electron chi connectivity index (χ4n) is 1.46. The first-order valence-corrected chi connectivity index (χ1v) is 6.01. The van der Waals surface area contributed by atoms with Crippen molar-refractivity contribution >= 4 is 31.9 Å². The van der Waals surface area contributed by atoms with Gasteiger partial charge in [-0.3, -0.25) is 4.79 Å². The van der Waals surface area contributed by atoms with Crippen LogP contribution in [0.5, 0.6) is 0 Å². The fourth-order valence-corrected chi connectivity index (χ4v) is 2.71. The molecule has 0 saturated carbocycles. The third-order valence-electron chi connectivity index (χ3n) is 2.33. The molecule has 1 saturated heterocycles. The van der Waals surface area contributed by atoms with Gasteiger partial charge in [0.1, 0.15) is 0 Å². The van der Waals surface area contributed by atoms with E-state index in [0.717, 1.165) is 24.1 Å². The first kappa shape index (κ1) is 10.4. The van der Waals surface area contributed by atoms with E-state index in [1.807, 2.05) is 6.20 Å². The van der Waals surface area contributed by atoms with E-state index in [0.29, 0.717) is 10.4 Å². The molecule has 2 rings (SSSR count). The topological polar surface area (TPSA) is 34.0 Å². The van der Waals surface area contributed by atoms with E-state index < -0.39 is 0 Å². The van der Waals surface area contributed by atoms with E-state index in [2.05, 4.69) is 37.2 Å². The van der Waals surface area contributed by atoms with Gasteiger partial charge in [0.15, 0.2) is 0 Å². The van der Waals surface area contributed by atoms with Gasteiger partial charge in [-0.05, 0) is 37.9 Å². The summed E-state index contributed by atoms with van der Waals surface area (Å²) in [7, 11) is 0. The largest absolute Gasteiger partial charge is 0.316 e. The van der Waals surface area contributed by atoms with E-state index >= 15 is 0 Å². The monoisotopic (exact) mass is 320 g/mol. The second-order valence-corrected chi connectivity index (χ2v) is 5.26. The van der Waals surface area contributed by atoms with E-state index in [9.17, 15) is 4.79 Å². The Labute approximate surface area is 98.8 Å². The molecule has 0 radical (unpaired) electrons. The summed E-state index contributed by atoms with van der Waals surface area (Å²) >= 11 is 6.62. The smallest absolute Gasteiger partial charge is 0.264 e. The quantitative estimate of drug-likeness (QED) is 0.897. The number of halogens is 2. The second kappa shape index (κ2) is 4.16. The van der Waals surface area contributed by atoms with Gasteiger partial charge < -0.3 is 9.88 Å². The zero-order chi connectivity index (χ0) is 10.1. The predicted molar refractivity (Wildman–Crippen MR) is 62.5 cm³/mol. The molecule has 0 spiro atoms. The minimum atomic E-state index is 0.0418. The standard InChI is InChI=1S/C9H10Br2N2O/c10-7-1-8(11)9(14)13(5-7)4-6-2-12-3-6/h1,5-6,12H,2-4H2. The van der Waals surface area contributed by atoms with Crippen LogP contribution in [0.3, 0.4) is 0 Å². The molecule has 0 unspecified atom stereocenters. The van der Waals surface area contributed by atoms with Crippen LogP contribution in [0.2, 0.25) is 0 Å². The lowest BCUT2D eigenvalue weighted by Gasteiger charge is -2.27. The van der Waals surface area contributed by atoms with Crippen LogP contribution in [0, 0.1) is 5.92 Å². The molecule has 1 aliphatic rings. The van der Waals surface area contributed by atoms with Gasteiger partial charge in [-0.2, -0.15) is 0 Å². The van der Waals surface area contributed by atoms with Gasteiger partial charge in [0.25, 0.3) is 5.56 Å². The van der Waals surface area contributed by atoms with Gasteiger partial charge in [-0.25, -0.2) is 0 Å². The zero-order valence-corrected chi connectivity index (χ0v) is 10.6. The average molecular weight is 322 g/mol. The lowest BCUT2D eigenvalue weighted by atomic mass is 10.0. The highest BCUT2D eigenvalue weighted by Crippen LogP contribution is 2.14. The third kappa shape index (κ3) is 2.10. The van der Waals surface area contributed by atoms with Crippen molar-refractivity contribution in [3.05, 3.63) is 31.6 Å². The van der Waals surface area contributed by atoms with Gasteiger partial charge in [0.2, 0.25) is 0 Å². The van der Waals surface area contributed by atoms with Crippen molar-refractivity contribution in [3.8, 4) is 0 Å². The molecule has 1 fully saturated rings. The summed E-state index contributed by atoms with van der Waals surface area (Å²) in [5.41, 5.74) is 0.0418.